The van der Waals surface area contributed by atoms with Crippen LogP contribution >= 0.6 is 12.4 Å². The molecule has 6 heteroatoms. The lowest BCUT2D eigenvalue weighted by Gasteiger charge is -2.20. The van der Waals surface area contributed by atoms with E-state index in [1.54, 1.807) is 18.2 Å². The molecular formula is C18H28ClNO4. The Bertz CT molecular complexity index is 559. The fourth-order valence-corrected chi connectivity index (χ4v) is 1.83. The average molecular weight is 358 g/mol. The van der Waals surface area contributed by atoms with Gasteiger partial charge in [0.25, 0.3) is 0 Å². The molecule has 136 valence electrons. The summed E-state index contributed by atoms with van der Waals surface area (Å²) < 4.78 is 10.6. The predicted molar refractivity (Wildman–Crippen MR) is 96.4 cm³/mol. The normalized spacial score (nSPS) is 11.4. The maximum absolute atomic E-state index is 12.0. The molecule has 0 fully saturated rings. The van der Waals surface area contributed by atoms with Crippen LogP contribution in [0, 0.1) is 0 Å². The molecule has 1 aromatic carbocycles. The van der Waals surface area contributed by atoms with E-state index in [-0.39, 0.29) is 30.9 Å². The molecule has 0 aliphatic rings. The monoisotopic (exact) mass is 357 g/mol. The summed E-state index contributed by atoms with van der Waals surface area (Å²) in [5.74, 6) is -0.660. The van der Waals surface area contributed by atoms with Crippen molar-refractivity contribution in [1.29, 1.82) is 0 Å². The molecule has 5 nitrogen and oxygen atoms in total. The number of esters is 2. The van der Waals surface area contributed by atoms with Gasteiger partial charge in [0.2, 0.25) is 0 Å². The first kappa shape index (κ1) is 22.4. The zero-order valence-electron chi connectivity index (χ0n) is 15.3. The van der Waals surface area contributed by atoms with Gasteiger partial charge in [0, 0.05) is 6.54 Å². The summed E-state index contributed by atoms with van der Waals surface area (Å²) in [6.45, 7) is 11.6. The van der Waals surface area contributed by atoms with E-state index in [0.717, 1.165) is 5.56 Å². The van der Waals surface area contributed by atoms with E-state index in [4.69, 9.17) is 9.47 Å². The number of hydrogen-bond acceptors (Lipinski definition) is 5. The van der Waals surface area contributed by atoms with E-state index in [1.165, 1.54) is 0 Å². The molecule has 1 N–H and O–H groups in total. The molecular weight excluding hydrogens is 330 g/mol. The van der Waals surface area contributed by atoms with E-state index in [0.29, 0.717) is 12.1 Å². The van der Waals surface area contributed by atoms with Crippen molar-refractivity contribution >= 4 is 24.3 Å². The van der Waals surface area contributed by atoms with Crippen LogP contribution in [0.25, 0.3) is 0 Å². The van der Waals surface area contributed by atoms with E-state index in [2.05, 4.69) is 5.32 Å². The summed E-state index contributed by atoms with van der Waals surface area (Å²) >= 11 is 0. The van der Waals surface area contributed by atoms with Crippen molar-refractivity contribution in [2.75, 3.05) is 6.54 Å². The van der Waals surface area contributed by atoms with E-state index >= 15 is 0 Å². The molecule has 0 aliphatic carbocycles. The second-order valence-electron chi connectivity index (χ2n) is 7.39. The van der Waals surface area contributed by atoms with Gasteiger partial charge in [0.15, 0.2) is 0 Å². The Morgan fingerprint density at radius 2 is 1.58 bits per heavy atom. The molecule has 0 saturated heterocycles. The molecule has 0 unspecified atom stereocenters. The second kappa shape index (κ2) is 9.04. The second-order valence-corrected chi connectivity index (χ2v) is 7.39. The number of nitrogens with one attached hydrogen (secondary N) is 1. The van der Waals surface area contributed by atoms with Crippen molar-refractivity contribution in [3.8, 4) is 0 Å². The zero-order chi connectivity index (χ0) is 17.7. The van der Waals surface area contributed by atoms with Crippen LogP contribution in [0.2, 0.25) is 0 Å². The smallest absolute Gasteiger partial charge is 0.338 e. The third-order valence-corrected chi connectivity index (χ3v) is 2.58. The van der Waals surface area contributed by atoms with Crippen LogP contribution in [-0.4, -0.2) is 29.7 Å². The van der Waals surface area contributed by atoms with Gasteiger partial charge < -0.3 is 14.8 Å². The first-order chi connectivity index (χ1) is 10.5. The molecule has 0 amide bonds. The third kappa shape index (κ3) is 9.53. The lowest BCUT2D eigenvalue weighted by molar-refractivity contribution is -0.153. The Kier molecular flexibility index (Phi) is 8.44. The van der Waals surface area contributed by atoms with Gasteiger partial charge in [-0.2, -0.15) is 0 Å². The molecule has 1 rings (SSSR count). The highest BCUT2D eigenvalue weighted by Crippen LogP contribution is 2.13. The minimum Gasteiger partial charge on any atom is -0.459 e. The molecule has 0 radical (unpaired) electrons. The maximum Gasteiger partial charge on any atom is 0.338 e. The molecule has 1 aromatic rings. The van der Waals surface area contributed by atoms with Crippen LogP contribution in [0.15, 0.2) is 24.3 Å². The Morgan fingerprint density at radius 3 is 2.12 bits per heavy atom. The van der Waals surface area contributed by atoms with Gasteiger partial charge in [0.05, 0.1) is 12.1 Å². The molecule has 24 heavy (non-hydrogen) atoms. The van der Waals surface area contributed by atoms with Crippen molar-refractivity contribution < 1.29 is 19.1 Å². The van der Waals surface area contributed by atoms with Crippen LogP contribution in [0.4, 0.5) is 0 Å². The molecule has 0 heterocycles. The van der Waals surface area contributed by atoms with Crippen LogP contribution in [-0.2, 0) is 20.8 Å². The highest BCUT2D eigenvalue weighted by molar-refractivity contribution is 5.89. The van der Waals surface area contributed by atoms with Crippen LogP contribution in [0.5, 0.6) is 0 Å². The first-order valence-electron chi connectivity index (χ1n) is 7.71. The van der Waals surface area contributed by atoms with Gasteiger partial charge >= 0.3 is 11.9 Å². The van der Waals surface area contributed by atoms with Gasteiger partial charge in [-0.1, -0.05) is 12.1 Å². The summed E-state index contributed by atoms with van der Waals surface area (Å²) in [6, 6.07) is 7.15. The van der Waals surface area contributed by atoms with E-state index in [9.17, 15) is 9.59 Å². The summed E-state index contributed by atoms with van der Waals surface area (Å²) in [4.78, 5) is 23.7. The number of halogens is 1. The Morgan fingerprint density at radius 1 is 1.00 bits per heavy atom. The largest absolute Gasteiger partial charge is 0.459 e. The minimum absolute atomic E-state index is 0. The number of carbonyl (C=O) groups excluding carboxylic acids is 2. The summed E-state index contributed by atoms with van der Waals surface area (Å²) in [7, 11) is 0. The van der Waals surface area contributed by atoms with Crippen molar-refractivity contribution in [3.05, 3.63) is 35.4 Å². The van der Waals surface area contributed by atoms with Gasteiger partial charge in [-0.15, -0.1) is 12.4 Å². The minimum atomic E-state index is -0.526. The molecule has 0 spiro atoms. The molecule has 0 saturated carbocycles. The van der Waals surface area contributed by atoms with Gasteiger partial charge in [0.1, 0.15) is 11.2 Å². The van der Waals surface area contributed by atoms with Crippen molar-refractivity contribution in [2.45, 2.75) is 59.3 Å². The Balaban J connectivity index is 0.00000529. The lowest BCUT2D eigenvalue weighted by Crippen LogP contribution is -2.31. The van der Waals surface area contributed by atoms with Crippen LogP contribution in [0.1, 0.15) is 57.5 Å². The van der Waals surface area contributed by atoms with Crippen LogP contribution < -0.4 is 5.32 Å². The Hall–Kier alpha value is -1.59. The lowest BCUT2D eigenvalue weighted by atomic mass is 10.1. The topological polar surface area (TPSA) is 64.6 Å². The number of carbonyl (C=O) groups is 2. The predicted octanol–water partition coefficient (Wildman–Crippen LogP) is 3.50. The summed E-state index contributed by atoms with van der Waals surface area (Å²) in [5, 5.41) is 3.01. The van der Waals surface area contributed by atoms with Crippen LogP contribution in [0.3, 0.4) is 0 Å². The maximum atomic E-state index is 12.0. The SMILES string of the molecule is CC(C)(C)OC(=O)CNCc1cccc(C(=O)OC(C)(C)C)c1.Cl. The van der Waals surface area contributed by atoms with E-state index < -0.39 is 11.2 Å². The van der Waals surface area contributed by atoms with Gasteiger partial charge in [-0.3, -0.25) is 4.79 Å². The molecule has 0 atom stereocenters. The standard InChI is InChI=1S/C18H27NO4.ClH/c1-17(2,3)22-15(20)12-19-11-13-8-7-9-14(10-13)16(21)23-18(4,5)6;/h7-10,19H,11-12H2,1-6H3;1H. The third-order valence-electron chi connectivity index (χ3n) is 2.58. The number of rotatable bonds is 5. The summed E-state index contributed by atoms with van der Waals surface area (Å²) in [5.41, 5.74) is 0.380. The first-order valence-corrected chi connectivity index (χ1v) is 7.71. The molecule has 0 bridgehead atoms. The highest BCUT2D eigenvalue weighted by Gasteiger charge is 2.18. The summed E-state index contributed by atoms with van der Waals surface area (Å²) in [6.07, 6.45) is 0. The number of ether oxygens (including phenoxy) is 2. The fraction of sp³-hybridized carbons (Fsp3) is 0.556. The van der Waals surface area contributed by atoms with Gasteiger partial charge in [-0.05, 0) is 59.2 Å². The van der Waals surface area contributed by atoms with E-state index in [1.807, 2.05) is 47.6 Å². The zero-order valence-corrected chi connectivity index (χ0v) is 16.1. The average Bonchev–Trinajstić information content (AvgIpc) is 2.35. The highest BCUT2D eigenvalue weighted by atomic mass is 35.5. The fourth-order valence-electron chi connectivity index (χ4n) is 1.83. The Labute approximate surface area is 150 Å². The van der Waals surface area contributed by atoms with Crippen molar-refractivity contribution in [3.63, 3.8) is 0 Å². The number of hydrogen-bond donors (Lipinski definition) is 1. The molecule has 0 aromatic heterocycles. The molecule has 0 aliphatic heterocycles. The van der Waals surface area contributed by atoms with Crippen molar-refractivity contribution in [1.82, 2.24) is 5.32 Å². The number of benzene rings is 1. The van der Waals surface area contributed by atoms with Gasteiger partial charge in [-0.25, -0.2) is 4.79 Å². The quantitative estimate of drug-likeness (QED) is 0.817. The van der Waals surface area contributed by atoms with Crippen molar-refractivity contribution in [2.24, 2.45) is 0 Å².